The standard InChI is InChI=1S/C9H12N2O2.C7H8ClNO/c1-6-2-3-7(4-8(6)12)11-5-9(10)13;1-4-2-3-5(9)6(8)7(4)10/h2-4,11-12H,5H2,1H3,(H2,10,13);2-3,10H,9H2,1H3. The normalized spacial score (nSPS) is 9.70. The number of nitrogens with one attached hydrogen (secondary N) is 1. The molecule has 0 spiro atoms. The van der Waals surface area contributed by atoms with E-state index in [0.717, 1.165) is 11.1 Å². The molecule has 0 aromatic heterocycles. The maximum atomic E-state index is 10.4. The van der Waals surface area contributed by atoms with Crippen LogP contribution in [-0.4, -0.2) is 22.7 Å². The number of primary amides is 1. The number of phenols is 2. The van der Waals surface area contributed by atoms with Crippen LogP contribution < -0.4 is 16.8 Å². The average molecular weight is 338 g/mol. The Labute approximate surface area is 139 Å². The van der Waals surface area contributed by atoms with Gasteiger partial charge in [-0.15, -0.1) is 0 Å². The smallest absolute Gasteiger partial charge is 0.236 e. The van der Waals surface area contributed by atoms with Crippen molar-refractivity contribution in [3.63, 3.8) is 0 Å². The second-order valence-electron chi connectivity index (χ2n) is 4.96. The lowest BCUT2D eigenvalue weighted by Gasteiger charge is -2.05. The third kappa shape index (κ3) is 5.60. The van der Waals surface area contributed by atoms with Crippen LogP contribution >= 0.6 is 11.6 Å². The van der Waals surface area contributed by atoms with Gasteiger partial charge in [0.2, 0.25) is 5.91 Å². The number of carbonyl (C=O) groups is 1. The molecule has 6 nitrogen and oxygen atoms in total. The first kappa shape index (κ1) is 18.4. The molecular weight excluding hydrogens is 318 g/mol. The van der Waals surface area contributed by atoms with Gasteiger partial charge in [-0.3, -0.25) is 4.79 Å². The van der Waals surface area contributed by atoms with E-state index in [0.29, 0.717) is 11.4 Å². The van der Waals surface area contributed by atoms with E-state index in [1.807, 2.05) is 0 Å². The number of hydrogen-bond acceptors (Lipinski definition) is 5. The summed E-state index contributed by atoms with van der Waals surface area (Å²) in [7, 11) is 0. The molecule has 0 aliphatic carbocycles. The first-order valence-electron chi connectivity index (χ1n) is 6.77. The maximum Gasteiger partial charge on any atom is 0.236 e. The molecule has 0 bridgehead atoms. The van der Waals surface area contributed by atoms with E-state index >= 15 is 0 Å². The zero-order valence-corrected chi connectivity index (χ0v) is 13.7. The molecule has 7 heteroatoms. The molecule has 23 heavy (non-hydrogen) atoms. The summed E-state index contributed by atoms with van der Waals surface area (Å²) in [5.74, 6) is -0.156. The van der Waals surface area contributed by atoms with Crippen molar-refractivity contribution in [2.45, 2.75) is 13.8 Å². The lowest BCUT2D eigenvalue weighted by atomic mass is 10.2. The third-order valence-electron chi connectivity index (χ3n) is 3.02. The Balaban J connectivity index is 0.000000238. The van der Waals surface area contributed by atoms with Gasteiger partial charge in [-0.05, 0) is 37.1 Å². The Morgan fingerprint density at radius 2 is 1.78 bits per heavy atom. The van der Waals surface area contributed by atoms with Gasteiger partial charge in [0.15, 0.2) is 0 Å². The second kappa shape index (κ2) is 8.14. The Morgan fingerprint density at radius 3 is 2.30 bits per heavy atom. The minimum absolute atomic E-state index is 0.0710. The Hall–Kier alpha value is -2.60. The topological polar surface area (TPSA) is 122 Å². The molecular formula is C16H20ClN3O3. The van der Waals surface area contributed by atoms with Gasteiger partial charge in [-0.2, -0.15) is 0 Å². The van der Waals surface area contributed by atoms with Gasteiger partial charge in [0.05, 0.1) is 12.2 Å². The molecule has 2 rings (SSSR count). The van der Waals surface area contributed by atoms with E-state index in [9.17, 15) is 15.0 Å². The number of benzene rings is 2. The lowest BCUT2D eigenvalue weighted by molar-refractivity contribution is -0.116. The molecule has 1 amide bonds. The SMILES string of the molecule is Cc1ccc(N)c(Cl)c1O.Cc1ccc(NCC(N)=O)cc1O. The molecule has 0 unspecified atom stereocenters. The molecule has 7 N–H and O–H groups in total. The predicted octanol–water partition coefficient (Wildman–Crippen LogP) is 2.53. The third-order valence-corrected chi connectivity index (χ3v) is 3.42. The van der Waals surface area contributed by atoms with Crippen LogP contribution in [0, 0.1) is 13.8 Å². The van der Waals surface area contributed by atoms with Crippen LogP contribution in [0.4, 0.5) is 11.4 Å². The number of anilines is 2. The van der Waals surface area contributed by atoms with Crippen LogP contribution in [0.3, 0.4) is 0 Å². The highest BCUT2D eigenvalue weighted by Gasteiger charge is 2.03. The number of aryl methyl sites for hydroxylation is 2. The van der Waals surface area contributed by atoms with Crippen molar-refractivity contribution in [1.29, 1.82) is 0 Å². The zero-order chi connectivity index (χ0) is 17.6. The largest absolute Gasteiger partial charge is 0.508 e. The molecule has 2 aromatic rings. The minimum atomic E-state index is -0.430. The molecule has 0 saturated carbocycles. The van der Waals surface area contributed by atoms with Gasteiger partial charge >= 0.3 is 0 Å². The highest BCUT2D eigenvalue weighted by atomic mass is 35.5. The minimum Gasteiger partial charge on any atom is -0.508 e. The number of phenolic OH excluding ortho intramolecular Hbond substituents is 2. The molecule has 0 radical (unpaired) electrons. The molecule has 0 atom stereocenters. The van der Waals surface area contributed by atoms with Gasteiger partial charge < -0.3 is 27.0 Å². The zero-order valence-electron chi connectivity index (χ0n) is 12.9. The van der Waals surface area contributed by atoms with Crippen LogP contribution in [0.25, 0.3) is 0 Å². The molecule has 0 aliphatic rings. The van der Waals surface area contributed by atoms with E-state index in [4.69, 9.17) is 23.1 Å². The van der Waals surface area contributed by atoms with Crippen molar-refractivity contribution in [2.75, 3.05) is 17.6 Å². The monoisotopic (exact) mass is 337 g/mol. The van der Waals surface area contributed by atoms with Crippen LogP contribution in [0.5, 0.6) is 11.5 Å². The second-order valence-corrected chi connectivity index (χ2v) is 5.33. The van der Waals surface area contributed by atoms with Crippen LogP contribution in [0.15, 0.2) is 30.3 Å². The lowest BCUT2D eigenvalue weighted by Crippen LogP contribution is -2.21. The predicted molar refractivity (Wildman–Crippen MR) is 92.8 cm³/mol. The number of hydrogen-bond donors (Lipinski definition) is 5. The highest BCUT2D eigenvalue weighted by Crippen LogP contribution is 2.31. The number of halogens is 1. The Morgan fingerprint density at radius 1 is 1.17 bits per heavy atom. The van der Waals surface area contributed by atoms with Gasteiger partial charge in [0.25, 0.3) is 0 Å². The van der Waals surface area contributed by atoms with Crippen molar-refractivity contribution in [2.24, 2.45) is 5.73 Å². The summed E-state index contributed by atoms with van der Waals surface area (Å²) in [5, 5.41) is 21.5. The number of nitrogen functional groups attached to an aromatic ring is 1. The number of nitrogens with two attached hydrogens (primary N) is 2. The van der Waals surface area contributed by atoms with Gasteiger partial charge in [-0.25, -0.2) is 0 Å². The van der Waals surface area contributed by atoms with Gasteiger partial charge in [0, 0.05) is 11.8 Å². The maximum absolute atomic E-state index is 10.4. The number of aromatic hydroxyl groups is 2. The van der Waals surface area contributed by atoms with Crippen LogP contribution in [-0.2, 0) is 4.79 Å². The van der Waals surface area contributed by atoms with Crippen molar-refractivity contribution in [3.8, 4) is 11.5 Å². The Kier molecular flexibility index (Phi) is 6.53. The summed E-state index contributed by atoms with van der Waals surface area (Å²) in [4.78, 5) is 10.4. The van der Waals surface area contributed by atoms with Crippen molar-refractivity contribution in [1.82, 2.24) is 0 Å². The summed E-state index contributed by atoms with van der Waals surface area (Å²) < 4.78 is 0. The summed E-state index contributed by atoms with van der Waals surface area (Å²) in [6.45, 7) is 3.64. The summed E-state index contributed by atoms with van der Waals surface area (Å²) in [5.41, 5.74) is 13.0. The van der Waals surface area contributed by atoms with E-state index < -0.39 is 5.91 Å². The van der Waals surface area contributed by atoms with Gasteiger partial charge in [0.1, 0.15) is 16.5 Å². The van der Waals surface area contributed by atoms with E-state index in [1.165, 1.54) is 0 Å². The molecule has 2 aromatic carbocycles. The van der Waals surface area contributed by atoms with Crippen molar-refractivity contribution >= 4 is 28.9 Å². The molecule has 0 saturated heterocycles. The summed E-state index contributed by atoms with van der Waals surface area (Å²) in [6.07, 6.45) is 0. The first-order valence-corrected chi connectivity index (χ1v) is 7.15. The number of carbonyl (C=O) groups excluding carboxylic acids is 1. The fourth-order valence-corrected chi connectivity index (χ4v) is 1.80. The van der Waals surface area contributed by atoms with Gasteiger partial charge in [-0.1, -0.05) is 23.7 Å². The highest BCUT2D eigenvalue weighted by molar-refractivity contribution is 6.34. The number of amides is 1. The first-order chi connectivity index (χ1) is 10.7. The van der Waals surface area contributed by atoms with Crippen molar-refractivity contribution < 1.29 is 15.0 Å². The van der Waals surface area contributed by atoms with Crippen LogP contribution in [0.1, 0.15) is 11.1 Å². The summed E-state index contributed by atoms with van der Waals surface area (Å²) >= 11 is 5.61. The molecule has 0 heterocycles. The van der Waals surface area contributed by atoms with E-state index in [1.54, 1.807) is 44.2 Å². The average Bonchev–Trinajstić information content (AvgIpc) is 2.51. The van der Waals surface area contributed by atoms with E-state index in [2.05, 4.69) is 5.32 Å². The van der Waals surface area contributed by atoms with E-state index in [-0.39, 0.29) is 23.1 Å². The molecule has 0 fully saturated rings. The quantitative estimate of drug-likeness (QED) is 0.551. The summed E-state index contributed by atoms with van der Waals surface area (Å²) in [6, 6.07) is 8.48. The molecule has 124 valence electrons. The fraction of sp³-hybridized carbons (Fsp3) is 0.188. The number of rotatable bonds is 3. The fourth-order valence-electron chi connectivity index (χ4n) is 1.59. The Bertz CT molecular complexity index is 678. The van der Waals surface area contributed by atoms with Crippen molar-refractivity contribution in [3.05, 3.63) is 46.5 Å². The molecule has 0 aliphatic heterocycles. The van der Waals surface area contributed by atoms with Crippen LogP contribution in [0.2, 0.25) is 5.02 Å².